The van der Waals surface area contributed by atoms with Crippen molar-refractivity contribution in [1.29, 1.82) is 0 Å². The molecule has 0 bridgehead atoms. The summed E-state index contributed by atoms with van der Waals surface area (Å²) in [5, 5.41) is 5.33. The lowest BCUT2D eigenvalue weighted by atomic mass is 9.88. The highest BCUT2D eigenvalue weighted by atomic mass is 16.7. The highest BCUT2D eigenvalue weighted by Gasteiger charge is 2.59. The lowest BCUT2D eigenvalue weighted by Crippen LogP contribution is -2.69. The number of carbonyl (C=O) groups excluding carboxylic acids is 7. The molecule has 0 radical (unpaired) electrons. The molecule has 0 spiro atoms. The van der Waals surface area contributed by atoms with Gasteiger partial charge in [-0.05, 0) is 67.3 Å². The predicted molar refractivity (Wildman–Crippen MR) is 234 cm³/mol. The summed E-state index contributed by atoms with van der Waals surface area (Å²) in [6.45, 7) is 8.89. The van der Waals surface area contributed by atoms with Gasteiger partial charge >= 0.3 is 35.9 Å². The number of methoxy groups -OCH3 is 1. The van der Waals surface area contributed by atoms with E-state index in [0.29, 0.717) is 29.0 Å². The molecule has 354 valence electrons. The van der Waals surface area contributed by atoms with Crippen LogP contribution in [-0.4, -0.2) is 104 Å². The summed E-state index contributed by atoms with van der Waals surface area (Å²) in [6, 6.07) is 19.1. The number of hydrogen-bond donors (Lipinski definition) is 2. The largest absolute Gasteiger partial charge is 0.493 e. The van der Waals surface area contributed by atoms with Crippen molar-refractivity contribution in [1.82, 2.24) is 10.6 Å². The Morgan fingerprint density at radius 1 is 0.803 bits per heavy atom. The Balaban J connectivity index is 1.69. The van der Waals surface area contributed by atoms with E-state index in [1.165, 1.54) is 6.92 Å². The van der Waals surface area contributed by atoms with Gasteiger partial charge in [-0.2, -0.15) is 0 Å². The molecular formula is C48H56N2O16. The van der Waals surface area contributed by atoms with Gasteiger partial charge in [-0.3, -0.25) is 24.0 Å². The summed E-state index contributed by atoms with van der Waals surface area (Å²) >= 11 is 0. The number of carbonyl (C=O) groups is 7. The van der Waals surface area contributed by atoms with Gasteiger partial charge in [0.1, 0.15) is 29.3 Å². The van der Waals surface area contributed by atoms with E-state index >= 15 is 0 Å². The van der Waals surface area contributed by atoms with Crippen LogP contribution in [0.5, 0.6) is 11.5 Å². The molecule has 1 aliphatic rings. The van der Waals surface area contributed by atoms with Crippen LogP contribution in [0, 0.1) is 12.3 Å². The minimum atomic E-state index is -2.42. The summed E-state index contributed by atoms with van der Waals surface area (Å²) in [7, 11) is 1.07. The molecule has 0 aliphatic carbocycles. The van der Waals surface area contributed by atoms with Crippen LogP contribution >= 0.6 is 0 Å². The summed E-state index contributed by atoms with van der Waals surface area (Å²) in [4.78, 5) is 90.6. The van der Waals surface area contributed by atoms with Crippen LogP contribution in [-0.2, 0) is 75.0 Å². The summed E-state index contributed by atoms with van der Waals surface area (Å²) in [5.74, 6) is -3.72. The van der Waals surface area contributed by atoms with Gasteiger partial charge in [-0.1, -0.05) is 48.5 Å². The average Bonchev–Trinajstić information content (AvgIpc) is 3.24. The molecule has 4 rings (SSSR count). The van der Waals surface area contributed by atoms with Crippen molar-refractivity contribution in [2.75, 3.05) is 20.3 Å². The van der Waals surface area contributed by atoms with Crippen molar-refractivity contribution in [3.8, 4) is 35.0 Å². The molecule has 18 nitrogen and oxygen atoms in total. The molecule has 3 aromatic carbocycles. The molecule has 2 amide bonds. The first kappa shape index (κ1) is 51.7. The molecule has 1 aliphatic heterocycles. The van der Waals surface area contributed by atoms with Crippen molar-refractivity contribution in [3.63, 3.8) is 0 Å². The second-order valence-electron chi connectivity index (χ2n) is 16.1. The quantitative estimate of drug-likeness (QED) is 0.0536. The average molecular weight is 917 g/mol. The Kier molecular flexibility index (Phi) is 18.6. The monoisotopic (exact) mass is 916 g/mol. The first-order valence-electron chi connectivity index (χ1n) is 20.9. The van der Waals surface area contributed by atoms with Gasteiger partial charge in [-0.25, -0.2) is 9.59 Å². The second-order valence-corrected chi connectivity index (χ2v) is 16.1. The van der Waals surface area contributed by atoms with E-state index in [9.17, 15) is 33.6 Å². The summed E-state index contributed by atoms with van der Waals surface area (Å²) < 4.78 is 51.3. The third kappa shape index (κ3) is 15.9. The van der Waals surface area contributed by atoms with Gasteiger partial charge in [0, 0.05) is 34.1 Å². The molecule has 2 N–H and O–H groups in total. The fourth-order valence-electron chi connectivity index (χ4n) is 6.85. The van der Waals surface area contributed by atoms with Crippen LogP contribution in [0.15, 0.2) is 72.8 Å². The molecule has 18 heteroatoms. The molecule has 1 heterocycles. The maximum atomic E-state index is 13.9. The molecule has 0 saturated carbocycles. The van der Waals surface area contributed by atoms with Crippen molar-refractivity contribution in [3.05, 3.63) is 83.9 Å². The van der Waals surface area contributed by atoms with Crippen LogP contribution in [0.4, 0.5) is 4.79 Å². The highest BCUT2D eigenvalue weighted by Crippen LogP contribution is 2.38. The van der Waals surface area contributed by atoms with Crippen LogP contribution in [0.1, 0.15) is 72.4 Å². The first-order valence-corrected chi connectivity index (χ1v) is 20.9. The van der Waals surface area contributed by atoms with Gasteiger partial charge in [0.05, 0.1) is 45.8 Å². The Morgan fingerprint density at radius 2 is 1.39 bits per heavy atom. The minimum Gasteiger partial charge on any atom is -0.493 e. The SMILES string of the molecule is C#CCCOc1ccc(CO[C@]2(C(=O)OC)C[C@H](OC(C)=O)[C@@H](NC(=O)OC(C)(C)C)[C@H]([C@H](OC(C)=O)[C@@H](CNC(=O)Cc3ccc(-c4ccc(OC(C)=O)cc4)cc3)OC(C)=O)O2)cc1. The van der Waals surface area contributed by atoms with Gasteiger partial charge in [0.15, 0.2) is 12.2 Å². The number of rotatable bonds is 19. The van der Waals surface area contributed by atoms with Crippen LogP contribution < -0.4 is 20.1 Å². The fourth-order valence-corrected chi connectivity index (χ4v) is 6.85. The molecule has 1 fully saturated rings. The number of hydrogen-bond acceptors (Lipinski definition) is 16. The number of ether oxygens (including phenoxy) is 9. The lowest BCUT2D eigenvalue weighted by molar-refractivity contribution is -0.316. The Labute approximate surface area is 383 Å². The number of terminal acetylenes is 1. The number of alkyl carbamates (subject to hydrolysis) is 1. The van der Waals surface area contributed by atoms with Crippen LogP contribution in [0.3, 0.4) is 0 Å². The van der Waals surface area contributed by atoms with Crippen molar-refractivity contribution >= 4 is 41.8 Å². The number of benzene rings is 3. The van der Waals surface area contributed by atoms with E-state index in [4.69, 9.17) is 49.1 Å². The zero-order chi connectivity index (χ0) is 48.6. The summed E-state index contributed by atoms with van der Waals surface area (Å²) in [6.07, 6.45) is -2.53. The van der Waals surface area contributed by atoms with Crippen molar-refractivity contribution < 1.29 is 76.2 Å². The van der Waals surface area contributed by atoms with E-state index in [0.717, 1.165) is 39.0 Å². The van der Waals surface area contributed by atoms with Gasteiger partial charge < -0.3 is 53.3 Å². The zero-order valence-corrected chi connectivity index (χ0v) is 38.2. The van der Waals surface area contributed by atoms with E-state index in [2.05, 4.69) is 16.6 Å². The molecule has 6 atom stereocenters. The van der Waals surface area contributed by atoms with Gasteiger partial charge in [0.2, 0.25) is 5.91 Å². The standard InChI is InChI=1S/C48H56N2O16/c1-10-11-24-59-37-20-14-34(15-21-37)28-60-48(45(56)58-9)26-39(62-30(3)52)42(50-46(57)66-47(6,7)8)44(65-48)43(64-32(5)54)40(63-31(4)53)27-49-41(55)25-33-12-16-35(17-13-33)36-18-22-38(23-19-36)61-29(2)51/h1,12-23,39-40,42-44H,11,24-28H2,2-9H3,(H,49,55)(H,50,57)/t39-,40+,42+,43+,44+,48+/m0/s1. The molecule has 0 unspecified atom stereocenters. The molecule has 1 saturated heterocycles. The van der Waals surface area contributed by atoms with Crippen LogP contribution in [0.25, 0.3) is 11.1 Å². The van der Waals surface area contributed by atoms with E-state index in [1.807, 2.05) is 0 Å². The lowest BCUT2D eigenvalue weighted by Gasteiger charge is -2.48. The smallest absolute Gasteiger partial charge is 0.408 e. The van der Waals surface area contributed by atoms with Crippen molar-refractivity contribution in [2.45, 2.75) is 116 Å². The second kappa shape index (κ2) is 23.8. The normalized spacial score (nSPS) is 18.7. The van der Waals surface area contributed by atoms with Gasteiger partial charge in [0.25, 0.3) is 5.79 Å². The minimum absolute atomic E-state index is 0.134. The zero-order valence-electron chi connectivity index (χ0n) is 38.2. The third-order valence-electron chi connectivity index (χ3n) is 9.54. The molecule has 3 aromatic rings. The molecule has 0 aromatic heterocycles. The fraction of sp³-hybridized carbons (Fsp3) is 0.438. The first-order chi connectivity index (χ1) is 31.2. The third-order valence-corrected chi connectivity index (χ3v) is 9.54. The molecular weight excluding hydrogens is 861 g/mol. The molecule has 66 heavy (non-hydrogen) atoms. The van der Waals surface area contributed by atoms with Gasteiger partial charge in [-0.15, -0.1) is 12.3 Å². The Hall–Kier alpha value is -6.97. The number of esters is 5. The Morgan fingerprint density at radius 3 is 1.94 bits per heavy atom. The topological polar surface area (TPSA) is 227 Å². The van der Waals surface area contributed by atoms with Crippen molar-refractivity contribution in [2.24, 2.45) is 0 Å². The van der Waals surface area contributed by atoms with E-state index in [1.54, 1.807) is 93.6 Å². The summed E-state index contributed by atoms with van der Waals surface area (Å²) in [5.41, 5.74) is 1.78. The number of nitrogens with one attached hydrogen (secondary N) is 2. The predicted octanol–water partition coefficient (Wildman–Crippen LogP) is 4.90. The Bertz CT molecular complexity index is 2210. The van der Waals surface area contributed by atoms with E-state index in [-0.39, 0.29) is 19.6 Å². The highest BCUT2D eigenvalue weighted by molar-refractivity contribution is 5.80. The maximum Gasteiger partial charge on any atom is 0.408 e. The van der Waals surface area contributed by atoms with Crippen LogP contribution in [0.2, 0.25) is 0 Å². The van der Waals surface area contributed by atoms with E-state index < -0.39 is 96.7 Å². The maximum absolute atomic E-state index is 13.9. The number of amides is 2.